The van der Waals surface area contributed by atoms with Crippen LogP contribution in [0.2, 0.25) is 0 Å². The average molecular weight is 500 g/mol. The Hall–Kier alpha value is -1.72. The number of piperazine rings is 1. The Labute approximate surface area is 173 Å². The summed E-state index contributed by atoms with van der Waals surface area (Å²) in [6, 6.07) is 12.9. The molecule has 1 amide bonds. The van der Waals surface area contributed by atoms with E-state index < -0.39 is 10.0 Å². The first kappa shape index (κ1) is 20.0. The topological polar surface area (TPSA) is 82.6 Å². The van der Waals surface area contributed by atoms with E-state index in [1.54, 1.807) is 18.3 Å². The lowest BCUT2D eigenvalue weighted by Crippen LogP contribution is -2.50. The largest absolute Gasteiger partial charge is 0.354 e. The standard InChI is InChI=1S/C18H21IN4O3S/c19-16-6-2-1-5-15(16)18(24)21-9-14-27(25,26)23-12-10-22(11-13-23)17-7-3-4-8-20-17/h1-8H,9-14H2,(H,21,24). The lowest BCUT2D eigenvalue weighted by molar-refractivity contribution is 0.0955. The van der Waals surface area contributed by atoms with Gasteiger partial charge in [-0.1, -0.05) is 18.2 Å². The fourth-order valence-electron chi connectivity index (χ4n) is 2.90. The third kappa shape index (κ3) is 5.17. The van der Waals surface area contributed by atoms with Gasteiger partial charge >= 0.3 is 0 Å². The second-order valence-corrected chi connectivity index (χ2v) is 9.38. The molecule has 9 heteroatoms. The summed E-state index contributed by atoms with van der Waals surface area (Å²) in [7, 11) is -3.41. The SMILES string of the molecule is O=C(NCCS(=O)(=O)N1CCN(c2ccccn2)CC1)c1ccccc1I. The molecule has 1 saturated heterocycles. The molecule has 0 atom stereocenters. The summed E-state index contributed by atoms with van der Waals surface area (Å²) in [6.07, 6.45) is 1.73. The molecule has 0 radical (unpaired) electrons. The van der Waals surface area contributed by atoms with Crippen LogP contribution in [0.15, 0.2) is 48.7 Å². The van der Waals surface area contributed by atoms with Crippen LogP contribution >= 0.6 is 22.6 Å². The number of nitrogens with zero attached hydrogens (tertiary/aromatic N) is 3. The van der Waals surface area contributed by atoms with Crippen molar-refractivity contribution >= 4 is 44.3 Å². The number of amides is 1. The Balaban J connectivity index is 1.49. The fourth-order valence-corrected chi connectivity index (χ4v) is 4.87. The molecule has 0 spiro atoms. The van der Waals surface area contributed by atoms with Crippen LogP contribution in [-0.4, -0.2) is 62.1 Å². The number of carbonyl (C=O) groups is 1. The van der Waals surface area contributed by atoms with Gasteiger partial charge in [0, 0.05) is 42.5 Å². The lowest BCUT2D eigenvalue weighted by atomic mass is 10.2. The van der Waals surface area contributed by atoms with Crippen LogP contribution < -0.4 is 10.2 Å². The number of carbonyl (C=O) groups excluding carboxylic acids is 1. The zero-order chi connectivity index (χ0) is 19.3. The molecule has 1 aromatic carbocycles. The maximum Gasteiger partial charge on any atom is 0.252 e. The van der Waals surface area contributed by atoms with Crippen LogP contribution in [0.4, 0.5) is 5.82 Å². The predicted molar refractivity (Wildman–Crippen MR) is 113 cm³/mol. The van der Waals surface area contributed by atoms with Gasteiger partial charge < -0.3 is 10.2 Å². The first-order chi connectivity index (χ1) is 13.0. The molecular weight excluding hydrogens is 479 g/mol. The van der Waals surface area contributed by atoms with Crippen molar-refractivity contribution in [3.63, 3.8) is 0 Å². The van der Waals surface area contributed by atoms with Crippen molar-refractivity contribution in [3.8, 4) is 0 Å². The van der Waals surface area contributed by atoms with E-state index in [0.717, 1.165) is 9.39 Å². The number of anilines is 1. The minimum atomic E-state index is -3.41. The van der Waals surface area contributed by atoms with Crippen LogP contribution in [0, 0.1) is 3.57 Å². The van der Waals surface area contributed by atoms with Crippen molar-refractivity contribution in [2.75, 3.05) is 43.4 Å². The van der Waals surface area contributed by atoms with Crippen LogP contribution in [0.5, 0.6) is 0 Å². The van der Waals surface area contributed by atoms with E-state index in [4.69, 9.17) is 0 Å². The van der Waals surface area contributed by atoms with E-state index in [-0.39, 0.29) is 18.2 Å². The second-order valence-electron chi connectivity index (χ2n) is 6.13. The number of halogens is 1. The van der Waals surface area contributed by atoms with Gasteiger partial charge in [-0.05, 0) is 46.9 Å². The molecule has 1 aliphatic rings. The van der Waals surface area contributed by atoms with Gasteiger partial charge in [0.2, 0.25) is 10.0 Å². The summed E-state index contributed by atoms with van der Waals surface area (Å²) in [6.45, 7) is 2.13. The molecule has 0 aliphatic carbocycles. The molecule has 1 aliphatic heterocycles. The normalized spacial score (nSPS) is 15.5. The molecule has 0 saturated carbocycles. The van der Waals surface area contributed by atoms with Crippen molar-refractivity contribution < 1.29 is 13.2 Å². The molecule has 2 heterocycles. The molecule has 3 rings (SSSR count). The average Bonchev–Trinajstić information content (AvgIpc) is 2.69. The number of sulfonamides is 1. The van der Waals surface area contributed by atoms with E-state index in [9.17, 15) is 13.2 Å². The van der Waals surface area contributed by atoms with Crippen molar-refractivity contribution in [1.82, 2.24) is 14.6 Å². The van der Waals surface area contributed by atoms with E-state index in [0.29, 0.717) is 31.7 Å². The van der Waals surface area contributed by atoms with E-state index in [1.165, 1.54) is 4.31 Å². The molecule has 2 aromatic rings. The summed E-state index contributed by atoms with van der Waals surface area (Å²) < 4.78 is 27.4. The summed E-state index contributed by atoms with van der Waals surface area (Å²) in [5, 5.41) is 2.70. The minimum absolute atomic E-state index is 0.0899. The maximum atomic E-state index is 12.6. The van der Waals surface area contributed by atoms with Crippen LogP contribution in [0.1, 0.15) is 10.4 Å². The summed E-state index contributed by atoms with van der Waals surface area (Å²) in [4.78, 5) is 18.6. The quantitative estimate of drug-likeness (QED) is 0.610. The fraction of sp³-hybridized carbons (Fsp3) is 0.333. The smallest absolute Gasteiger partial charge is 0.252 e. The zero-order valence-electron chi connectivity index (χ0n) is 14.7. The highest BCUT2D eigenvalue weighted by Gasteiger charge is 2.27. The Morgan fingerprint density at radius 2 is 1.78 bits per heavy atom. The van der Waals surface area contributed by atoms with Crippen molar-refractivity contribution in [2.24, 2.45) is 0 Å². The Morgan fingerprint density at radius 3 is 2.44 bits per heavy atom. The van der Waals surface area contributed by atoms with Gasteiger partial charge in [-0.3, -0.25) is 4.79 Å². The lowest BCUT2D eigenvalue weighted by Gasteiger charge is -2.34. The monoisotopic (exact) mass is 500 g/mol. The van der Waals surface area contributed by atoms with Gasteiger partial charge in [-0.15, -0.1) is 0 Å². The number of benzene rings is 1. The maximum absolute atomic E-state index is 12.6. The number of hydrogen-bond acceptors (Lipinski definition) is 5. The predicted octanol–water partition coefficient (Wildman–Crippen LogP) is 1.57. The van der Waals surface area contributed by atoms with E-state index in [1.807, 2.05) is 30.3 Å². The van der Waals surface area contributed by atoms with Gasteiger partial charge in [0.15, 0.2) is 0 Å². The number of rotatable bonds is 6. The molecule has 0 unspecified atom stereocenters. The third-order valence-corrected chi connectivity index (χ3v) is 7.18. The highest BCUT2D eigenvalue weighted by atomic mass is 127. The molecule has 144 valence electrons. The van der Waals surface area contributed by atoms with E-state index >= 15 is 0 Å². The minimum Gasteiger partial charge on any atom is -0.354 e. The van der Waals surface area contributed by atoms with Crippen LogP contribution in [-0.2, 0) is 10.0 Å². The Morgan fingerprint density at radius 1 is 1.07 bits per heavy atom. The van der Waals surface area contributed by atoms with Gasteiger partial charge in [0.1, 0.15) is 5.82 Å². The van der Waals surface area contributed by atoms with Crippen molar-refractivity contribution in [2.45, 2.75) is 0 Å². The van der Waals surface area contributed by atoms with Gasteiger partial charge in [0.05, 0.1) is 11.3 Å². The van der Waals surface area contributed by atoms with Crippen molar-refractivity contribution in [1.29, 1.82) is 0 Å². The summed E-state index contributed by atoms with van der Waals surface area (Å²) in [5.74, 6) is 0.501. The highest BCUT2D eigenvalue weighted by Crippen LogP contribution is 2.15. The first-order valence-corrected chi connectivity index (χ1v) is 11.3. The molecule has 1 fully saturated rings. The third-order valence-electron chi connectivity index (χ3n) is 4.37. The molecule has 0 bridgehead atoms. The number of pyridine rings is 1. The number of aromatic nitrogens is 1. The Bertz CT molecular complexity index is 884. The first-order valence-electron chi connectivity index (χ1n) is 8.64. The van der Waals surface area contributed by atoms with Crippen molar-refractivity contribution in [3.05, 3.63) is 57.8 Å². The molecule has 27 heavy (non-hydrogen) atoms. The van der Waals surface area contributed by atoms with E-state index in [2.05, 4.69) is 37.8 Å². The van der Waals surface area contributed by atoms with Gasteiger partial charge in [-0.25, -0.2) is 13.4 Å². The summed E-state index contributed by atoms with van der Waals surface area (Å²) >= 11 is 2.09. The molecule has 1 N–H and O–H groups in total. The molecule has 7 nitrogen and oxygen atoms in total. The van der Waals surface area contributed by atoms with Gasteiger partial charge in [-0.2, -0.15) is 4.31 Å². The second kappa shape index (κ2) is 8.98. The van der Waals surface area contributed by atoms with Crippen LogP contribution in [0.3, 0.4) is 0 Å². The zero-order valence-corrected chi connectivity index (χ0v) is 17.7. The summed E-state index contributed by atoms with van der Waals surface area (Å²) in [5.41, 5.74) is 0.555. The Kier molecular flexibility index (Phi) is 6.66. The van der Waals surface area contributed by atoms with Crippen LogP contribution in [0.25, 0.3) is 0 Å². The number of nitrogens with one attached hydrogen (secondary N) is 1. The number of hydrogen-bond donors (Lipinski definition) is 1. The molecule has 1 aromatic heterocycles. The highest BCUT2D eigenvalue weighted by molar-refractivity contribution is 14.1. The van der Waals surface area contributed by atoms with Gasteiger partial charge in [0.25, 0.3) is 5.91 Å². The molecular formula is C18H21IN4O3S.